The summed E-state index contributed by atoms with van der Waals surface area (Å²) in [5.74, 6) is 0.299. The molecule has 0 aliphatic carbocycles. The second-order valence-electron chi connectivity index (χ2n) is 5.99. The summed E-state index contributed by atoms with van der Waals surface area (Å²) in [6.45, 7) is 3.69. The molecule has 0 bridgehead atoms. The van der Waals surface area contributed by atoms with Gasteiger partial charge in [-0.05, 0) is 49.2 Å². The molecule has 2 heterocycles. The number of rotatable bonds is 5. The Morgan fingerprint density at radius 3 is 2.52 bits per heavy atom. The van der Waals surface area contributed by atoms with Crippen molar-refractivity contribution in [2.45, 2.75) is 13.8 Å². The summed E-state index contributed by atoms with van der Waals surface area (Å²) in [6, 6.07) is 8.98. The lowest BCUT2D eigenvalue weighted by Crippen LogP contribution is -2.43. The van der Waals surface area contributed by atoms with Gasteiger partial charge in [0.2, 0.25) is 0 Å². The first-order valence-corrected chi connectivity index (χ1v) is 8.26. The van der Waals surface area contributed by atoms with Gasteiger partial charge in [0.15, 0.2) is 6.61 Å². The van der Waals surface area contributed by atoms with Crippen molar-refractivity contribution < 1.29 is 14.3 Å². The van der Waals surface area contributed by atoms with Gasteiger partial charge in [0.05, 0.1) is 5.56 Å². The van der Waals surface area contributed by atoms with E-state index >= 15 is 0 Å². The molecule has 0 aliphatic heterocycles. The molecular formula is C19H19N5O3. The predicted octanol–water partition coefficient (Wildman–Crippen LogP) is 1.72. The summed E-state index contributed by atoms with van der Waals surface area (Å²) in [5.41, 5.74) is 7.06. The Bertz CT molecular complexity index is 916. The molecule has 0 fully saturated rings. The molecule has 0 saturated heterocycles. The molecule has 3 aromatic rings. The van der Waals surface area contributed by atoms with Crippen LogP contribution in [0.3, 0.4) is 0 Å². The van der Waals surface area contributed by atoms with Gasteiger partial charge in [-0.3, -0.25) is 25.0 Å². The van der Waals surface area contributed by atoms with Crippen LogP contribution in [0.5, 0.6) is 5.75 Å². The van der Waals surface area contributed by atoms with E-state index in [4.69, 9.17) is 4.74 Å². The highest BCUT2D eigenvalue weighted by atomic mass is 16.5. The topological polar surface area (TPSA) is 98.1 Å². The second kappa shape index (κ2) is 8.13. The standard InChI is InChI=1S/C19H19N5O3/c1-13-7-14(2)9-16(8-13)27-11-18(25)22-23-19(26)15-3-4-17(21-10-15)24-6-5-20-12-24/h3-10,12H,11H2,1-2H3,(H,22,25)(H,23,26). The minimum atomic E-state index is -0.473. The van der Waals surface area contributed by atoms with Crippen LogP contribution in [-0.2, 0) is 4.79 Å². The molecule has 8 nitrogen and oxygen atoms in total. The molecule has 138 valence electrons. The summed E-state index contributed by atoms with van der Waals surface area (Å²) >= 11 is 0. The Hall–Kier alpha value is -3.68. The number of amides is 2. The molecular weight excluding hydrogens is 346 g/mol. The van der Waals surface area contributed by atoms with Crippen LogP contribution >= 0.6 is 0 Å². The van der Waals surface area contributed by atoms with Crippen molar-refractivity contribution in [3.63, 3.8) is 0 Å². The Morgan fingerprint density at radius 2 is 1.89 bits per heavy atom. The van der Waals surface area contributed by atoms with Gasteiger partial charge in [-0.1, -0.05) is 6.07 Å². The maximum Gasteiger partial charge on any atom is 0.276 e. The number of nitrogens with one attached hydrogen (secondary N) is 2. The van der Waals surface area contributed by atoms with Crippen LogP contribution in [0, 0.1) is 13.8 Å². The quantitative estimate of drug-likeness (QED) is 0.671. The van der Waals surface area contributed by atoms with Crippen molar-refractivity contribution in [1.29, 1.82) is 0 Å². The lowest BCUT2D eigenvalue weighted by Gasteiger charge is -2.10. The van der Waals surface area contributed by atoms with E-state index in [9.17, 15) is 9.59 Å². The zero-order valence-electron chi connectivity index (χ0n) is 15.0. The van der Waals surface area contributed by atoms with Crippen LogP contribution in [0.1, 0.15) is 21.5 Å². The van der Waals surface area contributed by atoms with Gasteiger partial charge in [0.1, 0.15) is 17.9 Å². The minimum Gasteiger partial charge on any atom is -0.484 e. The molecule has 0 radical (unpaired) electrons. The number of carbonyl (C=O) groups excluding carboxylic acids is 2. The lowest BCUT2D eigenvalue weighted by atomic mass is 10.1. The molecule has 2 N–H and O–H groups in total. The molecule has 3 rings (SSSR count). The van der Waals surface area contributed by atoms with E-state index in [0.717, 1.165) is 11.1 Å². The summed E-state index contributed by atoms with van der Waals surface area (Å²) in [7, 11) is 0. The highest BCUT2D eigenvalue weighted by molar-refractivity contribution is 5.95. The Labute approximate surface area is 156 Å². The number of hydrogen-bond acceptors (Lipinski definition) is 5. The van der Waals surface area contributed by atoms with Gasteiger partial charge in [-0.15, -0.1) is 0 Å². The maximum absolute atomic E-state index is 12.1. The first-order chi connectivity index (χ1) is 13.0. The number of hydrogen-bond donors (Lipinski definition) is 2. The van der Waals surface area contributed by atoms with Crippen LogP contribution in [0.25, 0.3) is 5.82 Å². The highest BCUT2D eigenvalue weighted by Crippen LogP contribution is 2.15. The fourth-order valence-corrected chi connectivity index (χ4v) is 2.47. The van der Waals surface area contributed by atoms with E-state index in [1.807, 2.05) is 32.0 Å². The Balaban J connectivity index is 1.49. The van der Waals surface area contributed by atoms with Crippen LogP contribution in [-0.4, -0.2) is 33.0 Å². The number of ether oxygens (including phenoxy) is 1. The number of carbonyl (C=O) groups is 2. The van der Waals surface area contributed by atoms with Gasteiger partial charge in [0, 0.05) is 18.6 Å². The fourth-order valence-electron chi connectivity index (χ4n) is 2.47. The number of hydrazine groups is 1. The van der Waals surface area contributed by atoms with Crippen LogP contribution < -0.4 is 15.6 Å². The van der Waals surface area contributed by atoms with Crippen molar-refractivity contribution in [2.24, 2.45) is 0 Å². The zero-order chi connectivity index (χ0) is 19.2. The Kier molecular flexibility index (Phi) is 5.46. The van der Waals surface area contributed by atoms with Crippen molar-refractivity contribution in [3.8, 4) is 11.6 Å². The SMILES string of the molecule is Cc1cc(C)cc(OCC(=O)NNC(=O)c2ccc(-n3ccnc3)nc2)c1. The van der Waals surface area contributed by atoms with Gasteiger partial charge >= 0.3 is 0 Å². The van der Waals surface area contributed by atoms with Crippen LogP contribution in [0.15, 0.2) is 55.2 Å². The summed E-state index contributed by atoms with van der Waals surface area (Å²) in [4.78, 5) is 32.1. The first kappa shape index (κ1) is 18.1. The highest BCUT2D eigenvalue weighted by Gasteiger charge is 2.09. The van der Waals surface area contributed by atoms with E-state index < -0.39 is 11.8 Å². The third kappa shape index (κ3) is 4.91. The molecule has 2 aromatic heterocycles. The summed E-state index contributed by atoms with van der Waals surface area (Å²) < 4.78 is 7.16. The van der Waals surface area contributed by atoms with Gasteiger partial charge < -0.3 is 4.74 Å². The van der Waals surface area contributed by atoms with E-state index in [0.29, 0.717) is 17.1 Å². The number of pyridine rings is 1. The average molecular weight is 365 g/mol. The number of benzene rings is 1. The van der Waals surface area contributed by atoms with Crippen LogP contribution in [0.4, 0.5) is 0 Å². The molecule has 0 saturated carbocycles. The summed E-state index contributed by atoms with van der Waals surface area (Å²) in [6.07, 6.45) is 6.41. The van der Waals surface area contributed by atoms with Crippen molar-refractivity contribution in [1.82, 2.24) is 25.4 Å². The lowest BCUT2D eigenvalue weighted by molar-refractivity contribution is -0.123. The van der Waals surface area contributed by atoms with Gasteiger partial charge in [0.25, 0.3) is 11.8 Å². The molecule has 0 atom stereocenters. The molecule has 8 heteroatoms. The molecule has 27 heavy (non-hydrogen) atoms. The molecule has 0 aliphatic rings. The predicted molar refractivity (Wildman–Crippen MR) is 98.4 cm³/mol. The van der Waals surface area contributed by atoms with E-state index in [2.05, 4.69) is 20.8 Å². The van der Waals surface area contributed by atoms with Crippen molar-refractivity contribution in [2.75, 3.05) is 6.61 Å². The first-order valence-electron chi connectivity index (χ1n) is 8.26. The van der Waals surface area contributed by atoms with E-state index in [1.54, 1.807) is 35.4 Å². The Morgan fingerprint density at radius 1 is 1.11 bits per heavy atom. The maximum atomic E-state index is 12.1. The zero-order valence-corrected chi connectivity index (χ0v) is 15.0. The van der Waals surface area contributed by atoms with E-state index in [1.165, 1.54) is 6.20 Å². The smallest absolute Gasteiger partial charge is 0.276 e. The van der Waals surface area contributed by atoms with Gasteiger partial charge in [-0.2, -0.15) is 0 Å². The summed E-state index contributed by atoms with van der Waals surface area (Å²) in [5, 5.41) is 0. The molecule has 0 spiro atoms. The molecule has 1 aromatic carbocycles. The van der Waals surface area contributed by atoms with Crippen LogP contribution in [0.2, 0.25) is 0 Å². The van der Waals surface area contributed by atoms with Crippen molar-refractivity contribution in [3.05, 3.63) is 71.9 Å². The molecule has 0 unspecified atom stereocenters. The number of aromatic nitrogens is 3. The fraction of sp³-hybridized carbons (Fsp3) is 0.158. The molecule has 2 amide bonds. The number of imidazole rings is 1. The third-order valence-electron chi connectivity index (χ3n) is 3.66. The van der Waals surface area contributed by atoms with Gasteiger partial charge in [-0.25, -0.2) is 9.97 Å². The normalized spacial score (nSPS) is 10.3. The minimum absolute atomic E-state index is 0.207. The number of nitrogens with zero attached hydrogens (tertiary/aromatic N) is 3. The average Bonchev–Trinajstić information content (AvgIpc) is 3.18. The van der Waals surface area contributed by atoms with Crippen molar-refractivity contribution >= 4 is 11.8 Å². The monoisotopic (exact) mass is 365 g/mol. The number of aryl methyl sites for hydroxylation is 2. The van der Waals surface area contributed by atoms with E-state index in [-0.39, 0.29) is 6.61 Å². The largest absolute Gasteiger partial charge is 0.484 e. The third-order valence-corrected chi connectivity index (χ3v) is 3.66. The second-order valence-corrected chi connectivity index (χ2v) is 5.99.